The van der Waals surface area contributed by atoms with Crippen LogP contribution in [-0.4, -0.2) is 41.4 Å². The number of sulfonamides is 1. The largest absolute Gasteiger partial charge is 0.477 e. The third-order valence-electron chi connectivity index (χ3n) is 3.54. The molecule has 2 heterocycles. The Morgan fingerprint density at radius 2 is 2.26 bits per heavy atom. The average molecular weight is 286 g/mol. The first kappa shape index (κ1) is 14.1. The maximum atomic E-state index is 12.5. The van der Waals surface area contributed by atoms with Crippen molar-refractivity contribution in [3.63, 3.8) is 0 Å². The van der Waals surface area contributed by atoms with E-state index in [2.05, 4.69) is 4.98 Å². The molecule has 1 fully saturated rings. The highest BCUT2D eigenvalue weighted by atomic mass is 32.2. The molecule has 7 heteroatoms. The van der Waals surface area contributed by atoms with Gasteiger partial charge in [-0.3, -0.25) is 0 Å². The highest BCUT2D eigenvalue weighted by Gasteiger charge is 2.33. The fourth-order valence-corrected chi connectivity index (χ4v) is 4.24. The van der Waals surface area contributed by atoms with E-state index in [0.717, 1.165) is 25.7 Å². The van der Waals surface area contributed by atoms with Gasteiger partial charge in [-0.15, -0.1) is 0 Å². The number of H-pyrrole nitrogens is 1. The van der Waals surface area contributed by atoms with Crippen LogP contribution in [0.25, 0.3) is 0 Å². The summed E-state index contributed by atoms with van der Waals surface area (Å²) in [6.45, 7) is 2.48. The number of nitrogens with one attached hydrogen (secondary N) is 1. The molecule has 0 amide bonds. The first-order valence-electron chi connectivity index (χ1n) is 6.40. The summed E-state index contributed by atoms with van der Waals surface area (Å²) >= 11 is 0. The molecular weight excluding hydrogens is 268 g/mol. The molecule has 0 aromatic carbocycles. The number of carboxylic acids is 1. The molecule has 0 bridgehead atoms. The van der Waals surface area contributed by atoms with Gasteiger partial charge >= 0.3 is 5.97 Å². The second-order valence-electron chi connectivity index (χ2n) is 4.73. The van der Waals surface area contributed by atoms with Crippen LogP contribution < -0.4 is 0 Å². The van der Waals surface area contributed by atoms with Crippen molar-refractivity contribution in [2.75, 3.05) is 6.54 Å². The number of nitrogens with zero attached hydrogens (tertiary/aromatic N) is 1. The van der Waals surface area contributed by atoms with Crippen molar-refractivity contribution >= 4 is 16.0 Å². The maximum Gasteiger partial charge on any atom is 0.352 e. The zero-order valence-corrected chi connectivity index (χ0v) is 11.6. The minimum absolute atomic E-state index is 0.0157. The lowest BCUT2D eigenvalue weighted by molar-refractivity contribution is 0.0691. The number of aromatic amines is 1. The van der Waals surface area contributed by atoms with Gasteiger partial charge in [-0.05, 0) is 25.3 Å². The Morgan fingerprint density at radius 1 is 1.53 bits per heavy atom. The maximum absolute atomic E-state index is 12.5. The van der Waals surface area contributed by atoms with Gasteiger partial charge in [0.15, 0.2) is 0 Å². The number of rotatable bonds is 4. The third kappa shape index (κ3) is 2.66. The van der Waals surface area contributed by atoms with Crippen molar-refractivity contribution < 1.29 is 18.3 Å². The van der Waals surface area contributed by atoms with Gasteiger partial charge in [0.2, 0.25) is 10.0 Å². The minimum Gasteiger partial charge on any atom is -0.477 e. The number of carboxylic acid groups (broad SMARTS) is 1. The lowest BCUT2D eigenvalue weighted by atomic mass is 10.0. The van der Waals surface area contributed by atoms with Gasteiger partial charge in [0.25, 0.3) is 0 Å². The fourth-order valence-electron chi connectivity index (χ4n) is 2.48. The molecule has 1 aromatic heterocycles. The first-order chi connectivity index (χ1) is 8.96. The Kier molecular flexibility index (Phi) is 3.96. The molecule has 2 rings (SSSR count). The van der Waals surface area contributed by atoms with Crippen molar-refractivity contribution in [1.29, 1.82) is 0 Å². The molecule has 1 saturated heterocycles. The summed E-state index contributed by atoms with van der Waals surface area (Å²) in [5.74, 6) is -1.16. The monoisotopic (exact) mass is 286 g/mol. The highest BCUT2D eigenvalue weighted by Crippen LogP contribution is 2.27. The van der Waals surface area contributed by atoms with E-state index < -0.39 is 16.0 Å². The lowest BCUT2D eigenvalue weighted by Gasteiger charge is -2.33. The van der Waals surface area contributed by atoms with Crippen molar-refractivity contribution in [3.8, 4) is 0 Å². The van der Waals surface area contributed by atoms with Gasteiger partial charge in [0, 0.05) is 18.8 Å². The van der Waals surface area contributed by atoms with E-state index in [0.29, 0.717) is 6.54 Å². The van der Waals surface area contributed by atoms with E-state index in [9.17, 15) is 13.2 Å². The fraction of sp³-hybridized carbons (Fsp3) is 0.583. The normalized spacial score (nSPS) is 21.4. The van der Waals surface area contributed by atoms with E-state index in [1.807, 2.05) is 6.92 Å². The molecule has 19 heavy (non-hydrogen) atoms. The Hall–Kier alpha value is -1.34. The van der Waals surface area contributed by atoms with Crippen LogP contribution in [0.3, 0.4) is 0 Å². The number of piperidine rings is 1. The summed E-state index contributed by atoms with van der Waals surface area (Å²) in [7, 11) is -3.60. The summed E-state index contributed by atoms with van der Waals surface area (Å²) < 4.78 is 26.5. The Labute approximate surface area is 112 Å². The molecule has 0 saturated carbocycles. The minimum atomic E-state index is -3.60. The van der Waals surface area contributed by atoms with Crippen LogP contribution in [0.1, 0.15) is 43.1 Å². The summed E-state index contributed by atoms with van der Waals surface area (Å²) in [4.78, 5) is 13.3. The van der Waals surface area contributed by atoms with Crippen molar-refractivity contribution in [3.05, 3.63) is 18.0 Å². The van der Waals surface area contributed by atoms with E-state index >= 15 is 0 Å². The van der Waals surface area contributed by atoms with Gasteiger partial charge in [-0.25, -0.2) is 13.2 Å². The smallest absolute Gasteiger partial charge is 0.352 e. The molecule has 1 aliphatic heterocycles. The predicted octanol–water partition coefficient (Wildman–Crippen LogP) is 1.67. The third-order valence-corrected chi connectivity index (χ3v) is 5.47. The molecule has 1 atom stereocenters. The molecule has 2 N–H and O–H groups in total. The van der Waals surface area contributed by atoms with Crippen LogP contribution in [-0.2, 0) is 10.0 Å². The number of aromatic carboxylic acids is 1. The van der Waals surface area contributed by atoms with Crippen molar-refractivity contribution in [2.24, 2.45) is 0 Å². The van der Waals surface area contributed by atoms with Crippen LogP contribution >= 0.6 is 0 Å². The average Bonchev–Trinajstić information content (AvgIpc) is 2.89. The summed E-state index contributed by atoms with van der Waals surface area (Å²) in [5, 5.41) is 8.83. The van der Waals surface area contributed by atoms with Gasteiger partial charge in [0.1, 0.15) is 10.6 Å². The number of aromatic nitrogens is 1. The molecule has 0 radical (unpaired) electrons. The molecule has 106 valence electrons. The molecule has 1 aromatic rings. The highest BCUT2D eigenvalue weighted by molar-refractivity contribution is 7.89. The predicted molar refractivity (Wildman–Crippen MR) is 69.6 cm³/mol. The Bertz CT molecular complexity index is 564. The summed E-state index contributed by atoms with van der Waals surface area (Å²) in [6, 6.07) is 1.20. The first-order valence-corrected chi connectivity index (χ1v) is 7.84. The zero-order valence-electron chi connectivity index (χ0n) is 10.8. The van der Waals surface area contributed by atoms with Crippen LogP contribution in [0.15, 0.2) is 17.2 Å². The number of hydrogen-bond donors (Lipinski definition) is 2. The summed E-state index contributed by atoms with van der Waals surface area (Å²) in [5.41, 5.74) is -0.108. The van der Waals surface area contributed by atoms with Crippen molar-refractivity contribution in [1.82, 2.24) is 9.29 Å². The standard InChI is InChI=1S/C12H18N2O4S/c1-2-9-5-3-4-6-14(9)19(17,18)10-7-11(12(15)16)13-8-10/h7-9,13H,2-6H2,1H3,(H,15,16). The number of carbonyl (C=O) groups is 1. The molecule has 0 spiro atoms. The Morgan fingerprint density at radius 3 is 2.84 bits per heavy atom. The molecule has 1 unspecified atom stereocenters. The van der Waals surface area contributed by atoms with Gasteiger partial charge in [0.05, 0.1) is 0 Å². The van der Waals surface area contributed by atoms with Gasteiger partial charge in [-0.2, -0.15) is 4.31 Å². The molecule has 6 nitrogen and oxygen atoms in total. The van der Waals surface area contributed by atoms with Crippen LogP contribution in [0.4, 0.5) is 0 Å². The molecule has 0 aliphatic carbocycles. The van der Waals surface area contributed by atoms with E-state index in [1.54, 1.807) is 0 Å². The van der Waals surface area contributed by atoms with E-state index in [4.69, 9.17) is 5.11 Å². The van der Waals surface area contributed by atoms with Gasteiger partial charge < -0.3 is 10.1 Å². The second-order valence-corrected chi connectivity index (χ2v) is 6.62. The molecule has 1 aliphatic rings. The van der Waals surface area contributed by atoms with E-state index in [-0.39, 0.29) is 16.6 Å². The quantitative estimate of drug-likeness (QED) is 0.880. The van der Waals surface area contributed by atoms with Crippen molar-refractivity contribution in [2.45, 2.75) is 43.5 Å². The number of hydrogen-bond acceptors (Lipinski definition) is 3. The van der Waals surface area contributed by atoms with Crippen LogP contribution in [0.5, 0.6) is 0 Å². The molecular formula is C12H18N2O4S. The van der Waals surface area contributed by atoms with E-state index in [1.165, 1.54) is 16.6 Å². The van der Waals surface area contributed by atoms with Gasteiger partial charge in [-0.1, -0.05) is 13.3 Å². The topological polar surface area (TPSA) is 90.5 Å². The lowest BCUT2D eigenvalue weighted by Crippen LogP contribution is -2.43. The second kappa shape index (κ2) is 5.34. The van der Waals surface area contributed by atoms with Crippen LogP contribution in [0, 0.1) is 0 Å². The Balaban J connectivity index is 2.32. The van der Waals surface area contributed by atoms with Crippen LogP contribution in [0.2, 0.25) is 0 Å². The zero-order chi connectivity index (χ0) is 14.0. The summed E-state index contributed by atoms with van der Waals surface area (Å²) in [6.07, 6.45) is 4.78. The SMILES string of the molecule is CCC1CCCCN1S(=O)(=O)c1c[nH]c(C(=O)O)c1.